The second-order valence-electron chi connectivity index (χ2n) is 4.61. The van der Waals surface area contributed by atoms with Crippen molar-refractivity contribution in [3.8, 4) is 0 Å². The highest BCUT2D eigenvalue weighted by molar-refractivity contribution is 6.34. The van der Waals surface area contributed by atoms with Crippen molar-refractivity contribution in [3.63, 3.8) is 0 Å². The first-order valence-electron chi connectivity index (χ1n) is 6.86. The van der Waals surface area contributed by atoms with Crippen LogP contribution in [0.25, 0.3) is 0 Å². The molecule has 0 unspecified atom stereocenters. The first-order chi connectivity index (χ1) is 10.7. The second kappa shape index (κ2) is 10.4. The van der Waals surface area contributed by atoms with Crippen molar-refractivity contribution >= 4 is 41.5 Å². The van der Waals surface area contributed by atoms with Gasteiger partial charge in [0.2, 0.25) is 0 Å². The van der Waals surface area contributed by atoms with Crippen molar-refractivity contribution < 1.29 is 4.79 Å². The monoisotopic (exact) mass is 374 g/mol. The van der Waals surface area contributed by atoms with Gasteiger partial charge in [0.15, 0.2) is 0 Å². The molecule has 5 nitrogen and oxygen atoms in total. The van der Waals surface area contributed by atoms with Crippen LogP contribution in [-0.2, 0) is 6.54 Å². The average Bonchev–Trinajstić information content (AvgIpc) is 2.54. The molecule has 0 aliphatic rings. The van der Waals surface area contributed by atoms with E-state index < -0.39 is 0 Å². The number of amides is 1. The molecule has 2 heterocycles. The standard InChI is InChI=1S/C15H16Cl2N4O.ClH/c16-12-4-5-13(17)21-14(12)15(22)20-8-2-7-19-10-11-3-1-6-18-9-11;/h1,3-6,9,19H,2,7-8,10H2,(H,20,22);1H. The molecule has 2 N–H and O–H groups in total. The molecule has 23 heavy (non-hydrogen) atoms. The number of hydrogen-bond acceptors (Lipinski definition) is 4. The molecule has 0 radical (unpaired) electrons. The van der Waals surface area contributed by atoms with E-state index in [2.05, 4.69) is 20.6 Å². The summed E-state index contributed by atoms with van der Waals surface area (Å²) in [7, 11) is 0. The number of carbonyl (C=O) groups is 1. The molecule has 0 bridgehead atoms. The maximum atomic E-state index is 11.9. The zero-order valence-electron chi connectivity index (χ0n) is 12.3. The Morgan fingerprint density at radius 2 is 2.00 bits per heavy atom. The van der Waals surface area contributed by atoms with Crippen molar-refractivity contribution in [2.45, 2.75) is 13.0 Å². The van der Waals surface area contributed by atoms with Gasteiger partial charge in [-0.2, -0.15) is 0 Å². The fourth-order valence-corrected chi connectivity index (χ4v) is 2.15. The van der Waals surface area contributed by atoms with E-state index >= 15 is 0 Å². The molecule has 0 aliphatic carbocycles. The fourth-order valence-electron chi connectivity index (χ4n) is 1.81. The lowest BCUT2D eigenvalue weighted by molar-refractivity contribution is 0.0948. The van der Waals surface area contributed by atoms with Crippen LogP contribution in [0.5, 0.6) is 0 Å². The zero-order chi connectivity index (χ0) is 15.8. The van der Waals surface area contributed by atoms with Gasteiger partial charge in [0, 0.05) is 25.5 Å². The Hall–Kier alpha value is -1.40. The summed E-state index contributed by atoms with van der Waals surface area (Å²) in [6, 6.07) is 7.01. The van der Waals surface area contributed by atoms with Crippen LogP contribution in [0.15, 0.2) is 36.7 Å². The summed E-state index contributed by atoms with van der Waals surface area (Å²) in [5, 5.41) is 6.58. The minimum absolute atomic E-state index is 0. The third-order valence-electron chi connectivity index (χ3n) is 2.89. The summed E-state index contributed by atoms with van der Waals surface area (Å²) in [5.41, 5.74) is 1.28. The van der Waals surface area contributed by atoms with E-state index in [1.165, 1.54) is 0 Å². The van der Waals surface area contributed by atoms with E-state index in [9.17, 15) is 4.79 Å². The molecule has 0 aliphatic heterocycles. The van der Waals surface area contributed by atoms with Crippen LogP contribution in [0, 0.1) is 0 Å². The fraction of sp³-hybridized carbons (Fsp3) is 0.267. The van der Waals surface area contributed by atoms with E-state index in [-0.39, 0.29) is 34.2 Å². The summed E-state index contributed by atoms with van der Waals surface area (Å²) in [6.45, 7) is 2.07. The molecular formula is C15H17Cl3N4O. The number of halogens is 3. The molecule has 0 saturated carbocycles. The summed E-state index contributed by atoms with van der Waals surface area (Å²) in [4.78, 5) is 19.9. The average molecular weight is 376 g/mol. The molecule has 0 fully saturated rings. The molecule has 2 aromatic rings. The quantitative estimate of drug-likeness (QED) is 0.576. The van der Waals surface area contributed by atoms with Gasteiger partial charge in [-0.3, -0.25) is 9.78 Å². The second-order valence-corrected chi connectivity index (χ2v) is 5.41. The summed E-state index contributed by atoms with van der Waals surface area (Å²) < 4.78 is 0. The van der Waals surface area contributed by atoms with Crippen LogP contribution < -0.4 is 10.6 Å². The molecule has 124 valence electrons. The van der Waals surface area contributed by atoms with Crippen molar-refractivity contribution in [1.82, 2.24) is 20.6 Å². The van der Waals surface area contributed by atoms with Gasteiger partial charge in [-0.05, 0) is 36.7 Å². The maximum absolute atomic E-state index is 11.9. The van der Waals surface area contributed by atoms with Crippen LogP contribution >= 0.6 is 35.6 Å². The Kier molecular flexibility index (Phi) is 8.87. The largest absolute Gasteiger partial charge is 0.351 e. The van der Waals surface area contributed by atoms with Crippen LogP contribution in [0.2, 0.25) is 10.2 Å². The first-order valence-corrected chi connectivity index (χ1v) is 7.62. The Bertz CT molecular complexity index is 625. The van der Waals surface area contributed by atoms with Crippen molar-refractivity contribution in [3.05, 3.63) is 58.1 Å². The highest BCUT2D eigenvalue weighted by Gasteiger charge is 2.11. The van der Waals surface area contributed by atoms with Gasteiger partial charge in [0.05, 0.1) is 5.02 Å². The lowest BCUT2D eigenvalue weighted by Crippen LogP contribution is -2.28. The normalized spacial score (nSPS) is 10.0. The smallest absolute Gasteiger partial charge is 0.271 e. The van der Waals surface area contributed by atoms with Crippen LogP contribution in [0.1, 0.15) is 22.5 Å². The molecule has 8 heteroatoms. The highest BCUT2D eigenvalue weighted by Crippen LogP contribution is 2.16. The molecule has 0 atom stereocenters. The number of nitrogens with one attached hydrogen (secondary N) is 2. The molecule has 0 saturated heterocycles. The Morgan fingerprint density at radius 1 is 1.17 bits per heavy atom. The highest BCUT2D eigenvalue weighted by atomic mass is 35.5. The molecule has 0 aromatic carbocycles. The lowest BCUT2D eigenvalue weighted by Gasteiger charge is -2.07. The number of pyridine rings is 2. The maximum Gasteiger partial charge on any atom is 0.271 e. The number of rotatable bonds is 7. The number of carbonyl (C=O) groups excluding carboxylic acids is 1. The van der Waals surface area contributed by atoms with Gasteiger partial charge in [0.25, 0.3) is 5.91 Å². The van der Waals surface area contributed by atoms with Gasteiger partial charge in [-0.1, -0.05) is 29.3 Å². The predicted molar refractivity (Wildman–Crippen MR) is 94.4 cm³/mol. The van der Waals surface area contributed by atoms with Gasteiger partial charge in [-0.15, -0.1) is 12.4 Å². The zero-order valence-corrected chi connectivity index (χ0v) is 14.6. The molecule has 1 amide bonds. The number of hydrogen-bond donors (Lipinski definition) is 2. The third-order valence-corrected chi connectivity index (χ3v) is 3.41. The van der Waals surface area contributed by atoms with Crippen molar-refractivity contribution in [2.75, 3.05) is 13.1 Å². The van der Waals surface area contributed by atoms with Crippen LogP contribution in [0.4, 0.5) is 0 Å². The van der Waals surface area contributed by atoms with Crippen molar-refractivity contribution in [1.29, 1.82) is 0 Å². The minimum Gasteiger partial charge on any atom is -0.351 e. The van der Waals surface area contributed by atoms with E-state index in [1.54, 1.807) is 18.3 Å². The summed E-state index contributed by atoms with van der Waals surface area (Å²) in [6.07, 6.45) is 4.36. The summed E-state index contributed by atoms with van der Waals surface area (Å²) >= 11 is 11.7. The molecule has 2 aromatic heterocycles. The number of nitrogens with zero attached hydrogens (tertiary/aromatic N) is 2. The molecular weight excluding hydrogens is 359 g/mol. The Morgan fingerprint density at radius 3 is 2.74 bits per heavy atom. The van der Waals surface area contributed by atoms with Crippen LogP contribution in [0.3, 0.4) is 0 Å². The van der Waals surface area contributed by atoms with Gasteiger partial charge < -0.3 is 10.6 Å². The SMILES string of the molecule is Cl.O=C(NCCCNCc1cccnc1)c1nc(Cl)ccc1Cl. The topological polar surface area (TPSA) is 66.9 Å². The first kappa shape index (κ1) is 19.6. The lowest BCUT2D eigenvalue weighted by atomic mass is 10.3. The van der Waals surface area contributed by atoms with Gasteiger partial charge in [-0.25, -0.2) is 4.98 Å². The molecule has 0 spiro atoms. The summed E-state index contributed by atoms with van der Waals surface area (Å²) in [5.74, 6) is -0.320. The van der Waals surface area contributed by atoms with E-state index in [0.717, 1.165) is 25.1 Å². The van der Waals surface area contributed by atoms with Gasteiger partial charge >= 0.3 is 0 Å². The van der Waals surface area contributed by atoms with Crippen molar-refractivity contribution in [2.24, 2.45) is 0 Å². The Labute approximate surface area is 151 Å². The molecule has 2 rings (SSSR count). The number of aromatic nitrogens is 2. The third kappa shape index (κ3) is 6.71. The van der Waals surface area contributed by atoms with E-state index in [0.29, 0.717) is 6.54 Å². The minimum atomic E-state index is -0.320. The van der Waals surface area contributed by atoms with E-state index in [4.69, 9.17) is 23.2 Å². The Balaban J connectivity index is 0.00000264. The van der Waals surface area contributed by atoms with Gasteiger partial charge in [0.1, 0.15) is 10.8 Å². The van der Waals surface area contributed by atoms with E-state index in [1.807, 2.05) is 18.3 Å². The van der Waals surface area contributed by atoms with Crippen LogP contribution in [-0.4, -0.2) is 29.0 Å². The predicted octanol–water partition coefficient (Wildman–Crippen LogP) is 3.11.